The summed E-state index contributed by atoms with van der Waals surface area (Å²) >= 11 is 0. The third-order valence-corrected chi connectivity index (χ3v) is 3.29. The summed E-state index contributed by atoms with van der Waals surface area (Å²) in [6, 6.07) is 8.77. The molecule has 0 aliphatic heterocycles. The molecular weight excluding hydrogens is 294 g/mol. The number of aryl methyl sites for hydroxylation is 1. The first-order valence-electron chi connectivity index (χ1n) is 6.97. The van der Waals surface area contributed by atoms with Crippen LogP contribution < -0.4 is 15.6 Å². The van der Waals surface area contributed by atoms with Crippen molar-refractivity contribution in [2.75, 3.05) is 12.5 Å². The number of hydrazine groups is 1. The molecule has 0 fully saturated rings. The van der Waals surface area contributed by atoms with Crippen LogP contribution in [0.25, 0.3) is 11.0 Å². The number of nitrogens with zero attached hydrogens (tertiary/aromatic N) is 3. The van der Waals surface area contributed by atoms with Crippen molar-refractivity contribution in [1.29, 1.82) is 0 Å². The number of benzene rings is 1. The van der Waals surface area contributed by atoms with Gasteiger partial charge in [0.2, 0.25) is 0 Å². The molecule has 2 N–H and O–H groups in total. The van der Waals surface area contributed by atoms with Gasteiger partial charge < -0.3 is 4.74 Å². The number of anilines is 1. The summed E-state index contributed by atoms with van der Waals surface area (Å²) < 4.78 is 5.29. The fraction of sp³-hybridized carbons (Fsp3) is 0.125. The first-order valence-corrected chi connectivity index (χ1v) is 6.97. The van der Waals surface area contributed by atoms with Gasteiger partial charge in [-0.3, -0.25) is 20.6 Å². The van der Waals surface area contributed by atoms with E-state index < -0.39 is 0 Å². The van der Waals surface area contributed by atoms with E-state index in [0.717, 1.165) is 5.52 Å². The number of rotatable bonds is 4. The Bertz CT molecular complexity index is 852. The number of hydrogen-bond acceptors (Lipinski definition) is 6. The van der Waals surface area contributed by atoms with Crippen molar-refractivity contribution in [2.24, 2.45) is 0 Å². The number of aromatic nitrogens is 3. The van der Waals surface area contributed by atoms with E-state index in [9.17, 15) is 4.79 Å². The Labute approximate surface area is 132 Å². The molecule has 7 nitrogen and oxygen atoms in total. The summed E-state index contributed by atoms with van der Waals surface area (Å²) in [4.78, 5) is 24.9. The molecule has 1 aromatic carbocycles. The van der Waals surface area contributed by atoms with Crippen LogP contribution in [0.3, 0.4) is 0 Å². The minimum Gasteiger partial charge on any atom is -0.494 e. The molecule has 23 heavy (non-hydrogen) atoms. The van der Waals surface area contributed by atoms with E-state index in [-0.39, 0.29) is 5.91 Å². The number of carbonyl (C=O) groups excluding carboxylic acids is 1. The highest BCUT2D eigenvalue weighted by Gasteiger charge is 2.10. The molecule has 0 aliphatic rings. The van der Waals surface area contributed by atoms with Crippen LogP contribution >= 0.6 is 0 Å². The lowest BCUT2D eigenvalue weighted by Gasteiger charge is -2.12. The van der Waals surface area contributed by atoms with Crippen LogP contribution in [0.15, 0.2) is 42.7 Å². The van der Waals surface area contributed by atoms with E-state index in [4.69, 9.17) is 4.74 Å². The van der Waals surface area contributed by atoms with Crippen LogP contribution in [-0.2, 0) is 0 Å². The van der Waals surface area contributed by atoms with Gasteiger partial charge in [0.1, 0.15) is 11.3 Å². The van der Waals surface area contributed by atoms with Gasteiger partial charge in [0, 0.05) is 18.0 Å². The molecule has 0 spiro atoms. The monoisotopic (exact) mass is 309 g/mol. The molecule has 2 aromatic heterocycles. The molecule has 0 unspecified atom stereocenters. The van der Waals surface area contributed by atoms with Gasteiger partial charge >= 0.3 is 0 Å². The molecule has 0 bridgehead atoms. The summed E-state index contributed by atoms with van der Waals surface area (Å²) in [5, 5.41) is 0. The Balaban J connectivity index is 1.85. The highest BCUT2D eigenvalue weighted by molar-refractivity contribution is 5.94. The Morgan fingerprint density at radius 1 is 1.13 bits per heavy atom. The number of pyridine rings is 1. The molecule has 0 atom stereocenters. The van der Waals surface area contributed by atoms with Crippen molar-refractivity contribution in [2.45, 2.75) is 6.92 Å². The molecule has 0 saturated heterocycles. The smallest absolute Gasteiger partial charge is 0.269 e. The van der Waals surface area contributed by atoms with Crippen molar-refractivity contribution in [3.8, 4) is 5.75 Å². The van der Waals surface area contributed by atoms with Crippen LogP contribution in [-0.4, -0.2) is 28.0 Å². The van der Waals surface area contributed by atoms with Crippen molar-refractivity contribution in [3.05, 3.63) is 54.0 Å². The third-order valence-electron chi connectivity index (χ3n) is 3.29. The van der Waals surface area contributed by atoms with E-state index in [0.29, 0.717) is 28.3 Å². The number of methoxy groups -OCH3 is 1. The predicted octanol–water partition coefficient (Wildman–Crippen LogP) is 2.10. The minimum atomic E-state index is -0.284. The molecular formula is C16H15N5O2. The van der Waals surface area contributed by atoms with Gasteiger partial charge in [-0.1, -0.05) is 6.07 Å². The molecule has 0 radical (unpaired) electrons. The van der Waals surface area contributed by atoms with Gasteiger partial charge in [-0.05, 0) is 31.2 Å². The first-order chi connectivity index (χ1) is 11.2. The van der Waals surface area contributed by atoms with Gasteiger partial charge in [0.25, 0.3) is 5.91 Å². The maximum Gasteiger partial charge on any atom is 0.269 e. The van der Waals surface area contributed by atoms with Gasteiger partial charge in [-0.15, -0.1) is 0 Å². The van der Waals surface area contributed by atoms with Crippen molar-refractivity contribution in [3.63, 3.8) is 0 Å². The SMILES string of the molecule is COc1cccc2nc(C)c(NNC(=O)c3ccncc3)nc12. The zero-order valence-corrected chi connectivity index (χ0v) is 12.7. The fourth-order valence-electron chi connectivity index (χ4n) is 2.11. The second-order valence-corrected chi connectivity index (χ2v) is 4.80. The predicted molar refractivity (Wildman–Crippen MR) is 86.2 cm³/mol. The molecule has 0 saturated carbocycles. The normalized spacial score (nSPS) is 10.3. The van der Waals surface area contributed by atoms with Gasteiger partial charge in [-0.25, -0.2) is 9.97 Å². The zero-order chi connectivity index (χ0) is 16.2. The van der Waals surface area contributed by atoms with Crippen molar-refractivity contribution >= 4 is 22.8 Å². The fourth-order valence-corrected chi connectivity index (χ4v) is 2.11. The zero-order valence-electron chi connectivity index (χ0n) is 12.7. The average Bonchev–Trinajstić information content (AvgIpc) is 2.59. The average molecular weight is 309 g/mol. The van der Waals surface area contributed by atoms with E-state index in [2.05, 4.69) is 25.8 Å². The van der Waals surface area contributed by atoms with E-state index >= 15 is 0 Å². The Morgan fingerprint density at radius 2 is 1.91 bits per heavy atom. The lowest BCUT2D eigenvalue weighted by molar-refractivity contribution is 0.0962. The molecule has 3 rings (SSSR count). The van der Waals surface area contributed by atoms with Crippen LogP contribution in [0, 0.1) is 6.92 Å². The third kappa shape index (κ3) is 3.03. The standard InChI is InChI=1S/C16H15N5O2/c1-10-15(20-21-16(22)11-6-8-17-9-7-11)19-14-12(18-10)4-3-5-13(14)23-2/h3-9H,1-2H3,(H,19,20)(H,21,22). The summed E-state index contributed by atoms with van der Waals surface area (Å²) in [5.41, 5.74) is 7.92. The highest BCUT2D eigenvalue weighted by atomic mass is 16.5. The number of hydrogen-bond donors (Lipinski definition) is 2. The number of carbonyl (C=O) groups is 1. The van der Waals surface area contributed by atoms with Crippen molar-refractivity contribution in [1.82, 2.24) is 20.4 Å². The number of fused-ring (bicyclic) bond motifs is 1. The lowest BCUT2D eigenvalue weighted by Crippen LogP contribution is -2.30. The maximum absolute atomic E-state index is 12.0. The number of ether oxygens (including phenoxy) is 1. The molecule has 116 valence electrons. The van der Waals surface area contributed by atoms with E-state index in [1.54, 1.807) is 31.6 Å². The Kier molecular flexibility index (Phi) is 4.01. The molecule has 1 amide bonds. The summed E-state index contributed by atoms with van der Waals surface area (Å²) in [5.74, 6) is 0.802. The minimum absolute atomic E-state index is 0.284. The largest absolute Gasteiger partial charge is 0.494 e. The molecule has 3 aromatic rings. The Hall–Kier alpha value is -3.22. The quantitative estimate of drug-likeness (QED) is 0.717. The molecule has 2 heterocycles. The Morgan fingerprint density at radius 3 is 2.65 bits per heavy atom. The van der Waals surface area contributed by atoms with E-state index in [1.165, 1.54) is 0 Å². The van der Waals surface area contributed by atoms with Gasteiger partial charge in [-0.2, -0.15) is 0 Å². The van der Waals surface area contributed by atoms with Crippen LogP contribution in [0.4, 0.5) is 5.82 Å². The number of para-hydroxylation sites is 1. The van der Waals surface area contributed by atoms with Gasteiger partial charge in [0.05, 0.1) is 18.3 Å². The summed E-state index contributed by atoms with van der Waals surface area (Å²) in [6.45, 7) is 1.81. The van der Waals surface area contributed by atoms with Crippen LogP contribution in [0.5, 0.6) is 5.75 Å². The highest BCUT2D eigenvalue weighted by Crippen LogP contribution is 2.24. The first kappa shape index (κ1) is 14.7. The topological polar surface area (TPSA) is 89.0 Å². The number of nitrogens with one attached hydrogen (secondary N) is 2. The summed E-state index contributed by atoms with van der Waals surface area (Å²) in [7, 11) is 1.58. The van der Waals surface area contributed by atoms with E-state index in [1.807, 2.05) is 25.1 Å². The second kappa shape index (κ2) is 6.27. The lowest BCUT2D eigenvalue weighted by atomic mass is 10.2. The second-order valence-electron chi connectivity index (χ2n) is 4.80. The summed E-state index contributed by atoms with van der Waals surface area (Å²) in [6.07, 6.45) is 3.11. The maximum atomic E-state index is 12.0. The van der Waals surface area contributed by atoms with Gasteiger partial charge in [0.15, 0.2) is 5.82 Å². The van der Waals surface area contributed by atoms with Crippen LogP contribution in [0.1, 0.15) is 16.1 Å². The van der Waals surface area contributed by atoms with Crippen LogP contribution in [0.2, 0.25) is 0 Å². The molecule has 0 aliphatic carbocycles. The molecule has 7 heteroatoms. The number of amides is 1. The van der Waals surface area contributed by atoms with Crippen molar-refractivity contribution < 1.29 is 9.53 Å².